The monoisotopic (exact) mass is 657 g/mol. The highest BCUT2D eigenvalue weighted by atomic mass is 16.5. The highest BCUT2D eigenvalue weighted by Gasteiger charge is 2.31. The summed E-state index contributed by atoms with van der Waals surface area (Å²) < 4.78 is 24.8. The van der Waals surface area contributed by atoms with E-state index in [-0.39, 0.29) is 62.4 Å². The van der Waals surface area contributed by atoms with E-state index in [1.165, 1.54) is 14.0 Å². The lowest BCUT2D eigenvalue weighted by Crippen LogP contribution is -2.57. The van der Waals surface area contributed by atoms with Crippen molar-refractivity contribution >= 4 is 47.8 Å². The summed E-state index contributed by atoms with van der Waals surface area (Å²) in [7, 11) is 1.45. The van der Waals surface area contributed by atoms with Crippen LogP contribution in [0.25, 0.3) is 0 Å². The van der Waals surface area contributed by atoms with Gasteiger partial charge < -0.3 is 45.6 Å². The first-order chi connectivity index (χ1) is 22.3. The highest BCUT2D eigenvalue weighted by Crippen LogP contribution is 2.09. The molecule has 0 aliphatic rings. The zero-order valence-electron chi connectivity index (χ0n) is 30.2. The number of nitrogens with one attached hydrogen (secondary N) is 5. The summed E-state index contributed by atoms with van der Waals surface area (Å²) in [6, 6.07) is -5.86. The molecule has 0 aromatic heterocycles. The van der Waals surface area contributed by atoms with Crippen LogP contribution in [0.3, 0.4) is 0 Å². The molecule has 0 bridgehead atoms. The van der Waals surface area contributed by atoms with Crippen LogP contribution in [-0.2, 0) is 47.8 Å². The van der Waals surface area contributed by atoms with Crippen LogP contribution in [0.2, 0.25) is 0 Å². The molecule has 5 unspecified atom stereocenters. The molecular formula is C31H53N5O10. The van der Waals surface area contributed by atoms with E-state index in [0.29, 0.717) is 0 Å². The predicted octanol–water partition coefficient (Wildman–Crippen LogP) is -0.411. The van der Waals surface area contributed by atoms with Gasteiger partial charge in [-0.05, 0) is 37.5 Å². The molecule has 0 heterocycles. The Hall–Kier alpha value is -3.72. The topological polar surface area (TPSA) is 215 Å². The van der Waals surface area contributed by atoms with Crippen LogP contribution in [0.1, 0.15) is 76.9 Å². The van der Waals surface area contributed by atoms with Crippen LogP contribution in [-0.4, -0.2) is 105 Å². The quantitative estimate of drug-likeness (QED) is 0.0668. The Labute approximate surface area is 274 Å². The SMILES string of the molecule is [2H]C(=O)C(NC(=O)CCC(NC(=O)COCCOC)C(=O)NC(CCC(=O)NC(C([2H])=O)C(C)C)C(=O)NC(C(C)=O)C(C)C)C(C)C. The third-order valence-corrected chi connectivity index (χ3v) is 6.89. The molecule has 0 aliphatic heterocycles. The number of carbonyl (C=O) groups excluding carboxylic acids is 8. The molecule has 0 fully saturated rings. The van der Waals surface area contributed by atoms with Crippen molar-refractivity contribution in [2.24, 2.45) is 17.8 Å². The van der Waals surface area contributed by atoms with Gasteiger partial charge in [0.25, 0.3) is 0 Å². The second-order valence-electron chi connectivity index (χ2n) is 12.0. The van der Waals surface area contributed by atoms with Crippen LogP contribution in [0.4, 0.5) is 0 Å². The molecule has 15 nitrogen and oxygen atoms in total. The Morgan fingerprint density at radius 1 is 0.652 bits per heavy atom. The summed E-state index contributed by atoms with van der Waals surface area (Å²) in [6.07, 6.45) is -3.27. The zero-order chi connectivity index (χ0) is 37.1. The molecule has 5 N–H and O–H groups in total. The van der Waals surface area contributed by atoms with Crippen LogP contribution >= 0.6 is 0 Å². The number of hydrogen-bond acceptors (Lipinski definition) is 10. The van der Waals surface area contributed by atoms with Gasteiger partial charge in [0.1, 0.15) is 34.0 Å². The van der Waals surface area contributed by atoms with Gasteiger partial charge in [-0.15, -0.1) is 0 Å². The van der Waals surface area contributed by atoms with Crippen LogP contribution in [0.15, 0.2) is 0 Å². The molecule has 0 aromatic rings. The van der Waals surface area contributed by atoms with Crippen molar-refractivity contribution in [1.82, 2.24) is 26.6 Å². The van der Waals surface area contributed by atoms with Gasteiger partial charge >= 0.3 is 0 Å². The first kappa shape index (κ1) is 38.5. The number of hydrogen-bond donors (Lipinski definition) is 5. The van der Waals surface area contributed by atoms with E-state index in [2.05, 4.69) is 26.6 Å². The summed E-state index contributed by atoms with van der Waals surface area (Å²) in [5.41, 5.74) is 0. The number of amides is 5. The Bertz CT molecular complexity index is 1130. The smallest absolute Gasteiger partial charge is 0.246 e. The van der Waals surface area contributed by atoms with Gasteiger partial charge in [0.05, 0.1) is 31.3 Å². The minimum absolute atomic E-state index is 0.0852. The number of aldehydes is 2. The van der Waals surface area contributed by atoms with Crippen molar-refractivity contribution in [3.8, 4) is 0 Å². The molecule has 5 amide bonds. The van der Waals surface area contributed by atoms with E-state index in [9.17, 15) is 38.4 Å². The number of Topliss-reactive ketones (excluding diaryl/α,β-unsaturated/α-hetero) is 1. The van der Waals surface area contributed by atoms with Gasteiger partial charge in [-0.1, -0.05) is 41.5 Å². The van der Waals surface area contributed by atoms with Crippen molar-refractivity contribution in [1.29, 1.82) is 0 Å². The third kappa shape index (κ3) is 17.1. The third-order valence-electron chi connectivity index (χ3n) is 6.89. The number of carbonyl (C=O) groups is 8. The van der Waals surface area contributed by atoms with E-state index in [1.54, 1.807) is 41.5 Å². The standard InChI is InChI=1S/C31H53N5O10/c1-18(2)24(15-37)33-26(40)11-9-22(32-28(42)17-46-14-13-45-8)30(43)35-23(31(44)36-29(20(5)6)21(7)39)10-12-27(41)34-25(16-38)19(3)4/h15-16,18-20,22-25,29H,9-14,17H2,1-8H3,(H,32,42)(H,33,40)(H,34,41)(H,35,43)(H,36,44)/i15D,16D. The van der Waals surface area contributed by atoms with Gasteiger partial charge in [-0.25, -0.2) is 0 Å². The summed E-state index contributed by atoms with van der Waals surface area (Å²) in [5.74, 6) is -5.13. The van der Waals surface area contributed by atoms with Crippen LogP contribution < -0.4 is 26.6 Å². The lowest BCUT2D eigenvalue weighted by atomic mass is 9.99. The normalized spacial score (nSPS) is 15.0. The van der Waals surface area contributed by atoms with Crippen molar-refractivity contribution in [2.75, 3.05) is 26.9 Å². The number of ether oxygens (including phenoxy) is 2. The Morgan fingerprint density at radius 3 is 1.50 bits per heavy atom. The van der Waals surface area contributed by atoms with Gasteiger partial charge in [0, 0.05) is 20.0 Å². The van der Waals surface area contributed by atoms with E-state index >= 15 is 0 Å². The molecule has 0 rings (SSSR count). The average molecular weight is 658 g/mol. The maximum atomic E-state index is 13.6. The number of rotatable bonds is 24. The Kier molecular flexibility index (Phi) is 19.0. The van der Waals surface area contributed by atoms with Crippen LogP contribution in [0.5, 0.6) is 0 Å². The van der Waals surface area contributed by atoms with Gasteiger partial charge in [-0.2, -0.15) is 0 Å². The molecule has 5 atom stereocenters. The number of methoxy groups -OCH3 is 1. The van der Waals surface area contributed by atoms with E-state index < -0.39 is 78.9 Å². The lowest BCUT2D eigenvalue weighted by Gasteiger charge is -2.26. The molecule has 46 heavy (non-hydrogen) atoms. The molecule has 0 radical (unpaired) electrons. The van der Waals surface area contributed by atoms with E-state index in [0.717, 1.165) is 0 Å². The molecule has 262 valence electrons. The number of ketones is 1. The van der Waals surface area contributed by atoms with Crippen molar-refractivity contribution in [2.45, 2.75) is 104 Å². The molecule has 0 saturated carbocycles. The minimum atomic E-state index is -1.40. The molecule has 0 saturated heterocycles. The maximum absolute atomic E-state index is 13.6. The van der Waals surface area contributed by atoms with E-state index in [4.69, 9.17) is 12.2 Å². The largest absolute Gasteiger partial charge is 0.382 e. The summed E-state index contributed by atoms with van der Waals surface area (Å²) in [4.78, 5) is 100. The Balaban J connectivity index is 6.12. The second-order valence-corrected chi connectivity index (χ2v) is 12.0. The van der Waals surface area contributed by atoms with Crippen LogP contribution in [0, 0.1) is 17.8 Å². The fraction of sp³-hybridized carbons (Fsp3) is 0.742. The first-order valence-electron chi connectivity index (χ1n) is 16.4. The fourth-order valence-electron chi connectivity index (χ4n) is 4.05. The lowest BCUT2D eigenvalue weighted by molar-refractivity contribution is -0.135. The maximum Gasteiger partial charge on any atom is 0.246 e. The molecular weight excluding hydrogens is 602 g/mol. The second kappa shape index (κ2) is 22.7. The summed E-state index contributed by atoms with van der Waals surface area (Å²) >= 11 is 0. The van der Waals surface area contributed by atoms with Gasteiger partial charge in [0.15, 0.2) is 5.78 Å². The summed E-state index contributed by atoms with van der Waals surface area (Å²) in [6.45, 7) is 11.1. The van der Waals surface area contributed by atoms with E-state index in [1.807, 2.05) is 0 Å². The minimum Gasteiger partial charge on any atom is -0.382 e. The highest BCUT2D eigenvalue weighted by molar-refractivity contribution is 5.95. The average Bonchev–Trinajstić information content (AvgIpc) is 2.98. The summed E-state index contributed by atoms with van der Waals surface area (Å²) in [5, 5.41) is 12.4. The van der Waals surface area contributed by atoms with Crippen molar-refractivity contribution in [3.05, 3.63) is 0 Å². The van der Waals surface area contributed by atoms with Crippen molar-refractivity contribution in [3.63, 3.8) is 0 Å². The molecule has 0 spiro atoms. The van der Waals surface area contributed by atoms with Crippen molar-refractivity contribution < 1.29 is 50.6 Å². The van der Waals surface area contributed by atoms with Gasteiger partial charge in [0.2, 0.25) is 29.5 Å². The molecule has 0 aliphatic carbocycles. The molecule has 0 aromatic carbocycles. The zero-order valence-corrected chi connectivity index (χ0v) is 28.2. The predicted molar refractivity (Wildman–Crippen MR) is 168 cm³/mol. The Morgan fingerprint density at radius 2 is 1.11 bits per heavy atom. The fourth-order valence-corrected chi connectivity index (χ4v) is 4.05. The molecule has 15 heteroatoms. The van der Waals surface area contributed by atoms with Gasteiger partial charge in [-0.3, -0.25) is 28.8 Å². The first-order valence-corrected chi connectivity index (χ1v) is 15.4.